The molecule has 4 heteroatoms. The fourth-order valence-electron chi connectivity index (χ4n) is 1.71. The van der Waals surface area contributed by atoms with E-state index in [1.54, 1.807) is 0 Å². The third kappa shape index (κ3) is 2.68. The normalized spacial score (nSPS) is 10.8. The molecule has 0 spiro atoms. The summed E-state index contributed by atoms with van der Waals surface area (Å²) >= 11 is 6.04. The number of aryl methyl sites for hydroxylation is 1. The van der Waals surface area contributed by atoms with Gasteiger partial charge in [-0.15, -0.1) is 0 Å². The molecule has 0 aliphatic rings. The number of hydrogen-bond acceptors (Lipinski definition) is 2. The van der Waals surface area contributed by atoms with Gasteiger partial charge in [0.1, 0.15) is 0 Å². The molecule has 90 valence electrons. The lowest BCUT2D eigenvalue weighted by Crippen LogP contribution is -2.14. The van der Waals surface area contributed by atoms with Crippen LogP contribution in [0.3, 0.4) is 0 Å². The van der Waals surface area contributed by atoms with E-state index in [-0.39, 0.29) is 0 Å². The van der Waals surface area contributed by atoms with Crippen LogP contribution in [0.2, 0.25) is 5.02 Å². The van der Waals surface area contributed by atoms with Gasteiger partial charge < -0.3 is 5.32 Å². The first-order valence-corrected chi connectivity index (χ1v) is 6.11. The Hall–Kier alpha value is -1.32. The quantitative estimate of drug-likeness (QED) is 0.903. The van der Waals surface area contributed by atoms with Gasteiger partial charge in [0.2, 0.25) is 0 Å². The molecule has 2 aromatic rings. The van der Waals surface area contributed by atoms with Crippen LogP contribution in [0.25, 0.3) is 5.69 Å². The number of nitrogens with zero attached hydrogens (tertiary/aromatic N) is 2. The highest BCUT2D eigenvalue weighted by Gasteiger charge is 2.07. The molecule has 1 heterocycles. The van der Waals surface area contributed by atoms with Gasteiger partial charge >= 0.3 is 0 Å². The third-order valence-electron chi connectivity index (χ3n) is 2.64. The lowest BCUT2D eigenvalue weighted by Gasteiger charge is -2.09. The van der Waals surface area contributed by atoms with Crippen molar-refractivity contribution in [3.05, 3.63) is 46.7 Å². The first-order chi connectivity index (χ1) is 8.22. The second kappa shape index (κ2) is 5.34. The Morgan fingerprint density at radius 3 is 2.76 bits per heavy atom. The second-order valence-electron chi connectivity index (χ2n) is 3.92. The second-order valence-corrected chi connectivity index (χ2v) is 4.32. The molecule has 0 radical (unpaired) electrons. The molecule has 1 aromatic heterocycles. The molecule has 0 aliphatic heterocycles. The summed E-state index contributed by atoms with van der Waals surface area (Å²) in [4.78, 5) is 0. The highest BCUT2D eigenvalue weighted by Crippen LogP contribution is 2.19. The van der Waals surface area contributed by atoms with E-state index in [1.165, 1.54) is 5.56 Å². The smallest absolute Gasteiger partial charge is 0.0819 e. The van der Waals surface area contributed by atoms with Crippen molar-refractivity contribution in [1.29, 1.82) is 0 Å². The predicted molar refractivity (Wildman–Crippen MR) is 70.7 cm³/mol. The zero-order valence-electron chi connectivity index (χ0n) is 10.1. The molecule has 0 unspecified atom stereocenters. The molecule has 1 N–H and O–H groups in total. The van der Waals surface area contributed by atoms with Crippen molar-refractivity contribution in [1.82, 2.24) is 15.1 Å². The van der Waals surface area contributed by atoms with Gasteiger partial charge in [-0.3, -0.25) is 0 Å². The Bertz CT molecular complexity index is 486. The lowest BCUT2D eigenvalue weighted by atomic mass is 10.2. The van der Waals surface area contributed by atoms with Gasteiger partial charge in [0.25, 0.3) is 0 Å². The van der Waals surface area contributed by atoms with Crippen molar-refractivity contribution in [2.75, 3.05) is 6.54 Å². The Morgan fingerprint density at radius 1 is 1.35 bits per heavy atom. The highest BCUT2D eigenvalue weighted by atomic mass is 35.5. The van der Waals surface area contributed by atoms with E-state index in [4.69, 9.17) is 11.6 Å². The van der Waals surface area contributed by atoms with Crippen LogP contribution in [0.5, 0.6) is 0 Å². The lowest BCUT2D eigenvalue weighted by molar-refractivity contribution is 0.716. The number of nitrogens with one attached hydrogen (secondary N) is 1. The molecular weight excluding hydrogens is 234 g/mol. The van der Waals surface area contributed by atoms with E-state index in [9.17, 15) is 0 Å². The van der Waals surface area contributed by atoms with Crippen LogP contribution in [0.4, 0.5) is 0 Å². The van der Waals surface area contributed by atoms with Gasteiger partial charge in [-0.1, -0.05) is 36.7 Å². The van der Waals surface area contributed by atoms with Crippen LogP contribution in [0.15, 0.2) is 30.5 Å². The van der Waals surface area contributed by atoms with Crippen LogP contribution in [0, 0.1) is 6.92 Å². The number of rotatable bonds is 4. The van der Waals surface area contributed by atoms with Gasteiger partial charge in [-0.2, -0.15) is 5.10 Å². The maximum atomic E-state index is 6.04. The molecule has 0 bridgehead atoms. The standard InChI is InChI=1S/C13H16ClN3/c1-3-15-8-11-6-4-5-7-13(11)17-9-12(14)10(2)16-17/h4-7,9,15H,3,8H2,1-2H3. The molecule has 3 nitrogen and oxygen atoms in total. The molecule has 0 amide bonds. The summed E-state index contributed by atoms with van der Waals surface area (Å²) in [6.45, 7) is 5.79. The minimum absolute atomic E-state index is 0.697. The zero-order chi connectivity index (χ0) is 12.3. The highest BCUT2D eigenvalue weighted by molar-refractivity contribution is 6.31. The molecular formula is C13H16ClN3. The molecule has 17 heavy (non-hydrogen) atoms. The van der Waals surface area contributed by atoms with Crippen LogP contribution < -0.4 is 5.32 Å². The van der Waals surface area contributed by atoms with Crippen LogP contribution >= 0.6 is 11.6 Å². The Kier molecular flexibility index (Phi) is 3.82. The molecule has 2 rings (SSSR count). The van der Waals surface area contributed by atoms with Crippen molar-refractivity contribution in [2.24, 2.45) is 0 Å². The topological polar surface area (TPSA) is 29.9 Å². The summed E-state index contributed by atoms with van der Waals surface area (Å²) in [7, 11) is 0. The first kappa shape index (κ1) is 12.1. The van der Waals surface area contributed by atoms with Crippen molar-refractivity contribution in [3.8, 4) is 5.69 Å². The summed E-state index contributed by atoms with van der Waals surface area (Å²) in [5, 5.41) is 8.43. The van der Waals surface area contributed by atoms with E-state index in [2.05, 4.69) is 29.5 Å². The predicted octanol–water partition coefficient (Wildman–Crippen LogP) is 2.94. The van der Waals surface area contributed by atoms with Crippen molar-refractivity contribution in [3.63, 3.8) is 0 Å². The van der Waals surface area contributed by atoms with Crippen LogP contribution in [-0.2, 0) is 6.54 Å². The molecule has 0 saturated carbocycles. The minimum atomic E-state index is 0.697. The molecule has 0 atom stereocenters. The molecule has 0 aliphatic carbocycles. The number of hydrogen-bond donors (Lipinski definition) is 1. The Morgan fingerprint density at radius 2 is 2.12 bits per heavy atom. The summed E-state index contributed by atoms with van der Waals surface area (Å²) in [5.41, 5.74) is 3.14. The van der Waals surface area contributed by atoms with Gasteiger partial charge in [0, 0.05) is 12.7 Å². The number of halogens is 1. The fourth-order valence-corrected chi connectivity index (χ4v) is 1.84. The number of para-hydroxylation sites is 1. The summed E-state index contributed by atoms with van der Waals surface area (Å²) in [6, 6.07) is 8.20. The van der Waals surface area contributed by atoms with Crippen LogP contribution in [0.1, 0.15) is 18.2 Å². The molecule has 0 fully saturated rings. The Labute approximate surface area is 106 Å². The summed E-state index contributed by atoms with van der Waals surface area (Å²) < 4.78 is 1.84. The zero-order valence-corrected chi connectivity index (χ0v) is 10.8. The average molecular weight is 250 g/mol. The van der Waals surface area contributed by atoms with Gasteiger partial charge in [-0.05, 0) is 25.1 Å². The average Bonchev–Trinajstić information content (AvgIpc) is 2.67. The van der Waals surface area contributed by atoms with Crippen molar-refractivity contribution >= 4 is 11.6 Å². The van der Waals surface area contributed by atoms with E-state index in [1.807, 2.05) is 29.9 Å². The SMILES string of the molecule is CCNCc1ccccc1-n1cc(Cl)c(C)n1. The third-order valence-corrected chi connectivity index (χ3v) is 3.01. The van der Waals surface area contributed by atoms with E-state index in [0.29, 0.717) is 5.02 Å². The maximum absolute atomic E-state index is 6.04. The molecule has 1 aromatic carbocycles. The fraction of sp³-hybridized carbons (Fsp3) is 0.308. The monoisotopic (exact) mass is 249 g/mol. The van der Waals surface area contributed by atoms with E-state index < -0.39 is 0 Å². The van der Waals surface area contributed by atoms with Crippen molar-refractivity contribution < 1.29 is 0 Å². The largest absolute Gasteiger partial charge is 0.313 e. The van der Waals surface area contributed by atoms with E-state index >= 15 is 0 Å². The van der Waals surface area contributed by atoms with Gasteiger partial charge in [-0.25, -0.2) is 4.68 Å². The summed E-state index contributed by atoms with van der Waals surface area (Å²) in [5.74, 6) is 0. The minimum Gasteiger partial charge on any atom is -0.313 e. The number of aromatic nitrogens is 2. The first-order valence-electron chi connectivity index (χ1n) is 5.73. The summed E-state index contributed by atoms with van der Waals surface area (Å²) in [6.07, 6.45) is 1.85. The Balaban J connectivity index is 2.37. The number of benzene rings is 1. The van der Waals surface area contributed by atoms with Crippen molar-refractivity contribution in [2.45, 2.75) is 20.4 Å². The molecule has 0 saturated heterocycles. The van der Waals surface area contributed by atoms with Gasteiger partial charge in [0.05, 0.1) is 16.4 Å². The maximum Gasteiger partial charge on any atom is 0.0819 e. The van der Waals surface area contributed by atoms with E-state index in [0.717, 1.165) is 24.5 Å². The van der Waals surface area contributed by atoms with Crippen LogP contribution in [-0.4, -0.2) is 16.3 Å². The van der Waals surface area contributed by atoms with Gasteiger partial charge in [0.15, 0.2) is 0 Å².